The molecule has 3 rings (SSSR count). The summed E-state index contributed by atoms with van der Waals surface area (Å²) in [6.07, 6.45) is 0. The normalized spacial score (nSPS) is 14.5. The zero-order valence-electron chi connectivity index (χ0n) is 16.8. The Kier molecular flexibility index (Phi) is 6.82. The lowest BCUT2D eigenvalue weighted by Crippen LogP contribution is -2.46. The van der Waals surface area contributed by atoms with Gasteiger partial charge >= 0.3 is 5.97 Å². The summed E-state index contributed by atoms with van der Waals surface area (Å²) in [4.78, 5) is 29.4. The molecule has 0 aromatic heterocycles. The molecule has 0 bridgehead atoms. The van der Waals surface area contributed by atoms with E-state index in [0.717, 1.165) is 38.4 Å². The minimum atomic E-state index is -0.438. The predicted molar refractivity (Wildman–Crippen MR) is 111 cm³/mol. The summed E-state index contributed by atoms with van der Waals surface area (Å²) in [7, 11) is 0. The lowest BCUT2D eigenvalue weighted by Gasteiger charge is -2.36. The number of hydrogen-bond acceptors (Lipinski definition) is 5. The number of carbonyl (C=O) groups excluding carboxylic acids is 2. The molecular weight excluding hydrogens is 373 g/mol. The van der Waals surface area contributed by atoms with Crippen LogP contribution in [0.4, 0.5) is 15.8 Å². The lowest BCUT2D eigenvalue weighted by molar-refractivity contribution is 0.0526. The van der Waals surface area contributed by atoms with Crippen molar-refractivity contribution in [1.29, 1.82) is 0 Å². The molecule has 2 aromatic rings. The first-order valence-corrected chi connectivity index (χ1v) is 9.87. The van der Waals surface area contributed by atoms with Crippen LogP contribution in [0.1, 0.15) is 34.6 Å². The van der Waals surface area contributed by atoms with Crippen LogP contribution in [-0.2, 0) is 4.74 Å². The average molecular weight is 399 g/mol. The van der Waals surface area contributed by atoms with Crippen LogP contribution in [0.15, 0.2) is 42.5 Å². The van der Waals surface area contributed by atoms with Gasteiger partial charge < -0.3 is 19.9 Å². The van der Waals surface area contributed by atoms with Crippen LogP contribution in [0.3, 0.4) is 0 Å². The molecule has 0 unspecified atom stereocenters. The van der Waals surface area contributed by atoms with Crippen molar-refractivity contribution in [2.75, 3.05) is 49.5 Å². The van der Waals surface area contributed by atoms with Gasteiger partial charge in [-0.3, -0.25) is 4.79 Å². The van der Waals surface area contributed by atoms with Gasteiger partial charge in [0.2, 0.25) is 0 Å². The average Bonchev–Trinajstić information content (AvgIpc) is 2.74. The quantitative estimate of drug-likeness (QED) is 0.755. The maximum Gasteiger partial charge on any atom is 0.338 e. The Morgan fingerprint density at radius 1 is 1.00 bits per heavy atom. The van der Waals surface area contributed by atoms with Crippen molar-refractivity contribution in [3.05, 3.63) is 59.4 Å². The van der Waals surface area contributed by atoms with Gasteiger partial charge in [0, 0.05) is 31.7 Å². The van der Waals surface area contributed by atoms with E-state index in [1.54, 1.807) is 19.1 Å². The molecule has 1 heterocycles. The van der Waals surface area contributed by atoms with Gasteiger partial charge in [-0.2, -0.15) is 0 Å². The van der Waals surface area contributed by atoms with Crippen LogP contribution in [0.25, 0.3) is 0 Å². The highest BCUT2D eigenvalue weighted by molar-refractivity contribution is 6.06. The molecule has 0 saturated carbocycles. The number of esters is 1. The van der Waals surface area contributed by atoms with Crippen molar-refractivity contribution in [2.24, 2.45) is 0 Å². The molecule has 1 N–H and O–H groups in total. The summed E-state index contributed by atoms with van der Waals surface area (Å²) in [6.45, 7) is 8.68. The Labute approximate surface area is 170 Å². The lowest BCUT2D eigenvalue weighted by atomic mass is 10.1. The minimum Gasteiger partial charge on any atom is -0.462 e. The molecule has 0 radical (unpaired) electrons. The van der Waals surface area contributed by atoms with Crippen LogP contribution in [0, 0.1) is 5.82 Å². The van der Waals surface area contributed by atoms with Gasteiger partial charge in [-0.25, -0.2) is 9.18 Å². The molecule has 1 amide bonds. The molecule has 154 valence electrons. The number of halogens is 1. The first kappa shape index (κ1) is 20.8. The van der Waals surface area contributed by atoms with Crippen LogP contribution in [0.2, 0.25) is 0 Å². The molecule has 2 aromatic carbocycles. The number of anilines is 2. The van der Waals surface area contributed by atoms with E-state index in [9.17, 15) is 14.0 Å². The van der Waals surface area contributed by atoms with E-state index in [2.05, 4.69) is 22.0 Å². The van der Waals surface area contributed by atoms with Gasteiger partial charge in [-0.05, 0) is 55.9 Å². The van der Waals surface area contributed by atoms with Crippen LogP contribution in [0.5, 0.6) is 0 Å². The highest BCUT2D eigenvalue weighted by atomic mass is 19.1. The van der Waals surface area contributed by atoms with E-state index in [0.29, 0.717) is 16.8 Å². The maximum atomic E-state index is 13.2. The van der Waals surface area contributed by atoms with Crippen LogP contribution < -0.4 is 10.2 Å². The van der Waals surface area contributed by atoms with Crippen molar-refractivity contribution in [3.8, 4) is 0 Å². The summed E-state index contributed by atoms with van der Waals surface area (Å²) >= 11 is 0. The monoisotopic (exact) mass is 399 g/mol. The van der Waals surface area contributed by atoms with Crippen molar-refractivity contribution in [3.63, 3.8) is 0 Å². The molecule has 29 heavy (non-hydrogen) atoms. The van der Waals surface area contributed by atoms with Crippen molar-refractivity contribution in [1.82, 2.24) is 4.90 Å². The number of nitrogens with zero attached hydrogens (tertiary/aromatic N) is 2. The highest BCUT2D eigenvalue weighted by Gasteiger charge is 2.21. The number of piperazine rings is 1. The summed E-state index contributed by atoms with van der Waals surface area (Å²) in [6, 6.07) is 10.5. The third kappa shape index (κ3) is 5.12. The molecule has 1 saturated heterocycles. The summed E-state index contributed by atoms with van der Waals surface area (Å²) in [5.41, 5.74) is 2.10. The number of amides is 1. The Morgan fingerprint density at radius 2 is 1.66 bits per heavy atom. The molecule has 0 spiro atoms. The van der Waals surface area contributed by atoms with Crippen molar-refractivity contribution in [2.45, 2.75) is 13.8 Å². The van der Waals surface area contributed by atoms with Gasteiger partial charge in [0.1, 0.15) is 5.82 Å². The molecule has 0 aliphatic carbocycles. The number of ether oxygens (including phenoxy) is 1. The topological polar surface area (TPSA) is 61.9 Å². The van der Waals surface area contributed by atoms with Gasteiger partial charge in [0.05, 0.1) is 23.5 Å². The van der Waals surface area contributed by atoms with E-state index in [-0.39, 0.29) is 12.5 Å². The zero-order chi connectivity index (χ0) is 20.8. The van der Waals surface area contributed by atoms with Gasteiger partial charge in [-0.15, -0.1) is 0 Å². The third-order valence-electron chi connectivity index (χ3n) is 5.02. The smallest absolute Gasteiger partial charge is 0.338 e. The first-order valence-electron chi connectivity index (χ1n) is 9.87. The maximum absolute atomic E-state index is 13.2. The number of likely N-dealkylation sites (N-methyl/N-ethyl adjacent to an activating group) is 1. The second-order valence-electron chi connectivity index (χ2n) is 6.83. The minimum absolute atomic E-state index is 0.275. The first-order chi connectivity index (χ1) is 14.0. The summed E-state index contributed by atoms with van der Waals surface area (Å²) < 4.78 is 18.3. The Morgan fingerprint density at radius 3 is 2.28 bits per heavy atom. The number of benzene rings is 2. The molecule has 6 nitrogen and oxygen atoms in total. The molecule has 7 heteroatoms. The second-order valence-corrected chi connectivity index (χ2v) is 6.83. The summed E-state index contributed by atoms with van der Waals surface area (Å²) in [5, 5.41) is 2.88. The number of rotatable bonds is 6. The molecular formula is C22H26FN3O3. The van der Waals surface area contributed by atoms with Crippen LogP contribution >= 0.6 is 0 Å². The Hall–Kier alpha value is -2.93. The molecule has 0 atom stereocenters. The third-order valence-corrected chi connectivity index (χ3v) is 5.02. The van der Waals surface area contributed by atoms with Crippen molar-refractivity contribution >= 4 is 23.3 Å². The predicted octanol–water partition coefficient (Wildman–Crippen LogP) is 3.40. The number of hydrogen-bond donors (Lipinski definition) is 1. The van der Waals surface area contributed by atoms with Gasteiger partial charge in [0.25, 0.3) is 5.91 Å². The molecule has 1 aliphatic heterocycles. The van der Waals surface area contributed by atoms with E-state index in [1.807, 2.05) is 6.07 Å². The molecule has 1 fully saturated rings. The Bertz CT molecular complexity index is 862. The number of nitrogens with one attached hydrogen (secondary N) is 1. The van der Waals surface area contributed by atoms with Gasteiger partial charge in [0.15, 0.2) is 0 Å². The van der Waals surface area contributed by atoms with Crippen molar-refractivity contribution < 1.29 is 18.7 Å². The van der Waals surface area contributed by atoms with E-state index in [4.69, 9.17) is 4.74 Å². The Balaban J connectivity index is 1.88. The highest BCUT2D eigenvalue weighted by Crippen LogP contribution is 2.29. The van der Waals surface area contributed by atoms with E-state index < -0.39 is 11.8 Å². The second kappa shape index (κ2) is 9.52. The van der Waals surface area contributed by atoms with E-state index in [1.165, 1.54) is 24.3 Å². The van der Waals surface area contributed by atoms with E-state index >= 15 is 0 Å². The largest absolute Gasteiger partial charge is 0.462 e. The standard InChI is InChI=1S/C22H26FN3O3/c1-3-25-11-13-26(14-12-25)20-10-7-17(22(28)29-4-2)15-19(20)24-21(27)16-5-8-18(23)9-6-16/h5-10,15H,3-4,11-14H2,1-2H3,(H,24,27). The fourth-order valence-electron chi connectivity index (χ4n) is 3.35. The molecule has 1 aliphatic rings. The fourth-order valence-corrected chi connectivity index (χ4v) is 3.35. The zero-order valence-corrected chi connectivity index (χ0v) is 16.8. The summed E-state index contributed by atoms with van der Waals surface area (Å²) in [5.74, 6) is -1.20. The fraction of sp³-hybridized carbons (Fsp3) is 0.364. The SMILES string of the molecule is CCOC(=O)c1ccc(N2CCN(CC)CC2)c(NC(=O)c2ccc(F)cc2)c1. The van der Waals surface area contributed by atoms with Crippen LogP contribution in [-0.4, -0.2) is 56.1 Å². The number of carbonyl (C=O) groups is 2. The van der Waals surface area contributed by atoms with Gasteiger partial charge in [-0.1, -0.05) is 6.92 Å².